The van der Waals surface area contributed by atoms with Crippen molar-refractivity contribution >= 4 is 0 Å². The highest BCUT2D eigenvalue weighted by Crippen LogP contribution is 2.22. The molecule has 0 aliphatic heterocycles. The fraction of sp³-hybridized carbons (Fsp3) is 0.200. The predicted octanol–water partition coefficient (Wildman–Crippen LogP) is 2.17. The first-order valence-electron chi connectivity index (χ1n) is 6.59. The van der Waals surface area contributed by atoms with Gasteiger partial charge in [0.2, 0.25) is 0 Å². The number of aliphatic hydroxyl groups is 1. The van der Waals surface area contributed by atoms with Crippen LogP contribution in [0.15, 0.2) is 55.0 Å². The number of rotatable bonds is 4. The van der Waals surface area contributed by atoms with E-state index in [2.05, 4.69) is 10.2 Å². The molecule has 0 aliphatic rings. The zero-order valence-electron chi connectivity index (χ0n) is 11.2. The first kappa shape index (κ1) is 12.6. The molecule has 0 spiro atoms. The first-order chi connectivity index (χ1) is 9.79. The van der Waals surface area contributed by atoms with Crippen LogP contribution in [0.5, 0.6) is 0 Å². The Morgan fingerprint density at radius 1 is 1.15 bits per heavy atom. The lowest BCUT2D eigenvalue weighted by molar-refractivity contribution is 0.208. The van der Waals surface area contributed by atoms with Crippen LogP contribution in [0.4, 0.5) is 0 Å². The van der Waals surface area contributed by atoms with Gasteiger partial charge < -0.3 is 5.11 Å². The van der Waals surface area contributed by atoms with E-state index in [4.69, 9.17) is 0 Å². The van der Waals surface area contributed by atoms with Crippen molar-refractivity contribution in [3.8, 4) is 5.69 Å². The van der Waals surface area contributed by atoms with Gasteiger partial charge in [-0.15, -0.1) is 0 Å². The molecule has 0 fully saturated rings. The van der Waals surface area contributed by atoms with Crippen LogP contribution >= 0.6 is 0 Å². The van der Waals surface area contributed by atoms with Gasteiger partial charge in [0.05, 0.1) is 17.6 Å². The minimum absolute atomic E-state index is 0.713. The second kappa shape index (κ2) is 5.30. The molecule has 0 amide bonds. The fourth-order valence-corrected chi connectivity index (χ4v) is 2.21. The van der Waals surface area contributed by atoms with Crippen molar-refractivity contribution in [1.29, 1.82) is 0 Å². The third-order valence-corrected chi connectivity index (χ3v) is 3.27. The van der Waals surface area contributed by atoms with E-state index in [1.54, 1.807) is 21.8 Å². The molecule has 1 unspecified atom stereocenters. The summed E-state index contributed by atoms with van der Waals surface area (Å²) in [5, 5.41) is 18.9. The molecule has 0 saturated carbocycles. The standard InChI is InChI=1S/C15H16N4O/c1-2-18-14(8-9-16-18)15(20)12-10-17-19(11-12)13-6-4-3-5-7-13/h3-11,15,20H,2H2,1H3. The minimum Gasteiger partial charge on any atom is -0.382 e. The number of hydrogen-bond donors (Lipinski definition) is 1. The number of nitrogens with zero attached hydrogens (tertiary/aromatic N) is 4. The molecule has 3 rings (SSSR count). The Bertz CT molecular complexity index is 687. The Morgan fingerprint density at radius 3 is 2.70 bits per heavy atom. The summed E-state index contributed by atoms with van der Waals surface area (Å²) in [6.07, 6.45) is 4.51. The molecule has 2 aromatic heterocycles. The van der Waals surface area contributed by atoms with Gasteiger partial charge in [0, 0.05) is 24.5 Å². The Labute approximate surface area is 117 Å². The maximum Gasteiger partial charge on any atom is 0.124 e. The van der Waals surface area contributed by atoms with E-state index in [9.17, 15) is 5.11 Å². The summed E-state index contributed by atoms with van der Waals surface area (Å²) in [4.78, 5) is 0. The molecule has 0 saturated heterocycles. The van der Waals surface area contributed by atoms with Gasteiger partial charge in [-0.3, -0.25) is 4.68 Å². The molecule has 102 valence electrons. The first-order valence-corrected chi connectivity index (χ1v) is 6.59. The van der Waals surface area contributed by atoms with Crippen LogP contribution in [0.25, 0.3) is 5.69 Å². The number of aryl methyl sites for hydroxylation is 1. The van der Waals surface area contributed by atoms with Gasteiger partial charge in [0.15, 0.2) is 0 Å². The van der Waals surface area contributed by atoms with E-state index in [0.29, 0.717) is 0 Å². The average Bonchev–Trinajstić information content (AvgIpc) is 3.16. The molecule has 0 radical (unpaired) electrons. The predicted molar refractivity (Wildman–Crippen MR) is 75.5 cm³/mol. The Hall–Kier alpha value is -2.40. The third kappa shape index (κ3) is 2.23. The van der Waals surface area contributed by atoms with Crippen LogP contribution in [0.2, 0.25) is 0 Å². The molecule has 2 heterocycles. The minimum atomic E-state index is -0.713. The molecule has 0 bridgehead atoms. The van der Waals surface area contributed by atoms with Crippen molar-refractivity contribution in [2.24, 2.45) is 0 Å². The van der Waals surface area contributed by atoms with Crippen molar-refractivity contribution in [3.63, 3.8) is 0 Å². The van der Waals surface area contributed by atoms with Crippen molar-refractivity contribution in [1.82, 2.24) is 19.6 Å². The van der Waals surface area contributed by atoms with Gasteiger partial charge in [0.1, 0.15) is 6.10 Å². The number of benzene rings is 1. The van der Waals surface area contributed by atoms with Gasteiger partial charge in [-0.05, 0) is 25.1 Å². The summed E-state index contributed by atoms with van der Waals surface area (Å²) < 4.78 is 3.54. The molecule has 5 nitrogen and oxygen atoms in total. The summed E-state index contributed by atoms with van der Waals surface area (Å²) >= 11 is 0. The van der Waals surface area contributed by atoms with E-state index in [1.165, 1.54) is 0 Å². The number of para-hydroxylation sites is 1. The normalized spacial score (nSPS) is 12.5. The molecule has 0 aliphatic carbocycles. The van der Waals surface area contributed by atoms with E-state index in [0.717, 1.165) is 23.5 Å². The third-order valence-electron chi connectivity index (χ3n) is 3.27. The Morgan fingerprint density at radius 2 is 1.95 bits per heavy atom. The molecule has 5 heteroatoms. The molecule has 1 atom stereocenters. The van der Waals surface area contributed by atoms with Crippen molar-refractivity contribution in [2.75, 3.05) is 0 Å². The zero-order chi connectivity index (χ0) is 13.9. The van der Waals surface area contributed by atoms with Crippen LogP contribution in [0.3, 0.4) is 0 Å². The van der Waals surface area contributed by atoms with E-state index in [-0.39, 0.29) is 0 Å². The molecule has 3 aromatic rings. The number of aromatic nitrogens is 4. The lowest BCUT2D eigenvalue weighted by Gasteiger charge is -2.10. The molecular weight excluding hydrogens is 252 g/mol. The summed E-state index contributed by atoms with van der Waals surface area (Å²) in [6, 6.07) is 11.6. The second-order valence-electron chi connectivity index (χ2n) is 4.53. The second-order valence-corrected chi connectivity index (χ2v) is 4.53. The van der Waals surface area contributed by atoms with E-state index in [1.807, 2.05) is 49.5 Å². The van der Waals surface area contributed by atoms with Crippen molar-refractivity contribution in [3.05, 3.63) is 66.2 Å². The largest absolute Gasteiger partial charge is 0.382 e. The molecule has 20 heavy (non-hydrogen) atoms. The Balaban J connectivity index is 1.91. The van der Waals surface area contributed by atoms with Crippen LogP contribution < -0.4 is 0 Å². The lowest BCUT2D eigenvalue weighted by Crippen LogP contribution is -2.08. The fourth-order valence-electron chi connectivity index (χ4n) is 2.21. The highest BCUT2D eigenvalue weighted by molar-refractivity contribution is 5.32. The SMILES string of the molecule is CCn1nccc1C(O)c1cnn(-c2ccccc2)c1. The number of hydrogen-bond acceptors (Lipinski definition) is 3. The Kier molecular flexibility index (Phi) is 3.35. The van der Waals surface area contributed by atoms with E-state index < -0.39 is 6.10 Å². The summed E-state index contributed by atoms with van der Waals surface area (Å²) in [6.45, 7) is 2.73. The van der Waals surface area contributed by atoms with Crippen LogP contribution in [-0.4, -0.2) is 24.7 Å². The van der Waals surface area contributed by atoms with Gasteiger partial charge in [0.25, 0.3) is 0 Å². The summed E-state index contributed by atoms with van der Waals surface area (Å²) in [7, 11) is 0. The summed E-state index contributed by atoms with van der Waals surface area (Å²) in [5.41, 5.74) is 2.50. The highest BCUT2D eigenvalue weighted by Gasteiger charge is 2.16. The van der Waals surface area contributed by atoms with Crippen molar-refractivity contribution in [2.45, 2.75) is 19.6 Å². The van der Waals surface area contributed by atoms with Gasteiger partial charge in [-0.2, -0.15) is 10.2 Å². The lowest BCUT2D eigenvalue weighted by atomic mass is 10.1. The average molecular weight is 268 g/mol. The molecular formula is C15H16N4O. The van der Waals surface area contributed by atoms with Gasteiger partial charge >= 0.3 is 0 Å². The van der Waals surface area contributed by atoms with Gasteiger partial charge in [-0.25, -0.2) is 4.68 Å². The maximum absolute atomic E-state index is 10.4. The number of aliphatic hydroxyl groups excluding tert-OH is 1. The smallest absolute Gasteiger partial charge is 0.124 e. The summed E-state index contributed by atoms with van der Waals surface area (Å²) in [5.74, 6) is 0. The monoisotopic (exact) mass is 268 g/mol. The maximum atomic E-state index is 10.4. The van der Waals surface area contributed by atoms with Crippen LogP contribution in [0, 0.1) is 0 Å². The zero-order valence-corrected chi connectivity index (χ0v) is 11.2. The molecule has 1 aromatic carbocycles. The topological polar surface area (TPSA) is 55.9 Å². The van der Waals surface area contributed by atoms with Crippen LogP contribution in [-0.2, 0) is 6.54 Å². The van der Waals surface area contributed by atoms with Crippen molar-refractivity contribution < 1.29 is 5.11 Å². The van der Waals surface area contributed by atoms with Gasteiger partial charge in [-0.1, -0.05) is 18.2 Å². The van der Waals surface area contributed by atoms with E-state index >= 15 is 0 Å². The van der Waals surface area contributed by atoms with Crippen LogP contribution in [0.1, 0.15) is 24.3 Å². The highest BCUT2D eigenvalue weighted by atomic mass is 16.3. The quantitative estimate of drug-likeness (QED) is 0.789. The molecule has 1 N–H and O–H groups in total.